The van der Waals surface area contributed by atoms with Crippen LogP contribution >= 0.6 is 0 Å². The van der Waals surface area contributed by atoms with Crippen molar-refractivity contribution in [3.8, 4) is 17.2 Å². The van der Waals surface area contributed by atoms with E-state index in [0.29, 0.717) is 0 Å². The molecule has 2 aromatic rings. The van der Waals surface area contributed by atoms with Crippen molar-refractivity contribution < 1.29 is 14.2 Å². The van der Waals surface area contributed by atoms with Crippen molar-refractivity contribution in [3.63, 3.8) is 0 Å². The van der Waals surface area contributed by atoms with Gasteiger partial charge in [0.05, 0.1) is 19.3 Å². The summed E-state index contributed by atoms with van der Waals surface area (Å²) in [7, 11) is 1.67. The Balaban J connectivity index is 2.01. The maximum atomic E-state index is 5.78. The Morgan fingerprint density at radius 1 is 0.846 bits per heavy atom. The van der Waals surface area contributed by atoms with E-state index in [9.17, 15) is 0 Å². The van der Waals surface area contributed by atoms with Gasteiger partial charge in [0.2, 0.25) is 0 Å². The van der Waals surface area contributed by atoms with Crippen LogP contribution in [0.2, 0.25) is 0 Å². The molecule has 0 heterocycles. The van der Waals surface area contributed by atoms with Crippen LogP contribution in [-0.4, -0.2) is 19.3 Å². The zero-order chi connectivity index (χ0) is 19.1. The van der Waals surface area contributed by atoms with Gasteiger partial charge in [0.25, 0.3) is 0 Å². The number of ether oxygens (including phenoxy) is 3. The number of hydrogen-bond donors (Lipinski definition) is 1. The van der Waals surface area contributed by atoms with Crippen LogP contribution in [0.25, 0.3) is 0 Å². The molecule has 0 spiro atoms. The summed E-state index contributed by atoms with van der Waals surface area (Å²) in [6, 6.07) is 14.5. The van der Waals surface area contributed by atoms with Crippen LogP contribution in [0.4, 0.5) is 0 Å². The Morgan fingerprint density at radius 3 is 2.23 bits per heavy atom. The monoisotopic (exact) mass is 357 g/mol. The van der Waals surface area contributed by atoms with E-state index in [-0.39, 0.29) is 18.2 Å². The highest BCUT2D eigenvalue weighted by molar-refractivity contribution is 5.43. The van der Waals surface area contributed by atoms with Crippen molar-refractivity contribution in [1.82, 2.24) is 5.32 Å². The lowest BCUT2D eigenvalue weighted by molar-refractivity contribution is 0.230. The SMILES string of the molecule is COc1cc(CNC(C)c2cccc(OC(C)C)c2)ccc1OC(C)C. The van der Waals surface area contributed by atoms with Crippen molar-refractivity contribution in [1.29, 1.82) is 0 Å². The smallest absolute Gasteiger partial charge is 0.161 e. The second kappa shape index (κ2) is 9.48. The second-order valence-corrected chi connectivity index (χ2v) is 6.99. The summed E-state index contributed by atoms with van der Waals surface area (Å²) in [4.78, 5) is 0. The molecule has 0 aliphatic heterocycles. The summed E-state index contributed by atoms with van der Waals surface area (Å²) in [5, 5.41) is 3.56. The summed E-state index contributed by atoms with van der Waals surface area (Å²) in [6.45, 7) is 11.0. The molecule has 0 aliphatic rings. The predicted molar refractivity (Wildman–Crippen MR) is 106 cm³/mol. The summed E-state index contributed by atoms with van der Waals surface area (Å²) in [5.41, 5.74) is 2.36. The van der Waals surface area contributed by atoms with E-state index < -0.39 is 0 Å². The molecule has 4 heteroatoms. The highest BCUT2D eigenvalue weighted by Crippen LogP contribution is 2.29. The Bertz CT molecular complexity index is 698. The molecule has 0 bridgehead atoms. The third-order valence-electron chi connectivity index (χ3n) is 3.93. The Hall–Kier alpha value is -2.20. The molecule has 1 N–H and O–H groups in total. The van der Waals surface area contributed by atoms with E-state index in [0.717, 1.165) is 29.4 Å². The van der Waals surface area contributed by atoms with E-state index in [1.54, 1.807) is 7.11 Å². The minimum Gasteiger partial charge on any atom is -0.493 e. The molecule has 0 saturated carbocycles. The molecule has 0 aromatic heterocycles. The number of nitrogens with one attached hydrogen (secondary N) is 1. The van der Waals surface area contributed by atoms with Crippen LogP contribution in [0.1, 0.15) is 51.8 Å². The number of benzene rings is 2. The van der Waals surface area contributed by atoms with Gasteiger partial charge in [0, 0.05) is 12.6 Å². The van der Waals surface area contributed by atoms with Crippen molar-refractivity contribution in [3.05, 3.63) is 53.6 Å². The largest absolute Gasteiger partial charge is 0.493 e. The molecule has 1 unspecified atom stereocenters. The predicted octanol–water partition coefficient (Wildman–Crippen LogP) is 5.12. The summed E-state index contributed by atoms with van der Waals surface area (Å²) >= 11 is 0. The zero-order valence-corrected chi connectivity index (χ0v) is 16.7. The van der Waals surface area contributed by atoms with Crippen molar-refractivity contribution in [2.45, 2.75) is 59.4 Å². The van der Waals surface area contributed by atoms with Crippen LogP contribution in [0.15, 0.2) is 42.5 Å². The fraction of sp³-hybridized carbons (Fsp3) is 0.455. The molecule has 0 amide bonds. The van der Waals surface area contributed by atoms with Crippen LogP contribution in [0.3, 0.4) is 0 Å². The van der Waals surface area contributed by atoms with Crippen LogP contribution in [0, 0.1) is 0 Å². The second-order valence-electron chi connectivity index (χ2n) is 6.99. The number of methoxy groups -OCH3 is 1. The maximum Gasteiger partial charge on any atom is 0.161 e. The minimum atomic E-state index is 0.119. The normalized spacial score (nSPS) is 12.3. The van der Waals surface area contributed by atoms with E-state index in [1.807, 2.05) is 52.0 Å². The van der Waals surface area contributed by atoms with Gasteiger partial charge in [0.15, 0.2) is 11.5 Å². The van der Waals surface area contributed by atoms with E-state index in [4.69, 9.17) is 14.2 Å². The average molecular weight is 357 g/mol. The molecule has 4 nitrogen and oxygen atoms in total. The maximum absolute atomic E-state index is 5.78. The molecule has 0 aliphatic carbocycles. The topological polar surface area (TPSA) is 39.7 Å². The zero-order valence-electron chi connectivity index (χ0n) is 16.7. The minimum absolute atomic E-state index is 0.119. The van der Waals surface area contributed by atoms with Crippen LogP contribution < -0.4 is 19.5 Å². The fourth-order valence-corrected chi connectivity index (χ4v) is 2.69. The van der Waals surface area contributed by atoms with Gasteiger partial charge in [-0.15, -0.1) is 0 Å². The van der Waals surface area contributed by atoms with Crippen LogP contribution in [-0.2, 0) is 6.54 Å². The molecular weight excluding hydrogens is 326 g/mol. The summed E-state index contributed by atoms with van der Waals surface area (Å²) in [6.07, 6.45) is 0.292. The van der Waals surface area contributed by atoms with Gasteiger partial charge in [-0.05, 0) is 70.0 Å². The van der Waals surface area contributed by atoms with Crippen molar-refractivity contribution in [2.75, 3.05) is 7.11 Å². The Labute approximate surface area is 157 Å². The molecule has 142 valence electrons. The standard InChI is InChI=1S/C22H31NO3/c1-15(2)25-20-9-7-8-19(13-20)17(5)23-14-18-10-11-21(26-16(3)4)22(12-18)24-6/h7-13,15-17,23H,14H2,1-6H3. The third kappa shape index (κ3) is 5.95. The van der Waals surface area contributed by atoms with E-state index in [2.05, 4.69) is 30.4 Å². The average Bonchev–Trinajstić information content (AvgIpc) is 2.59. The quantitative estimate of drug-likeness (QED) is 0.676. The molecule has 0 fully saturated rings. The van der Waals surface area contributed by atoms with Gasteiger partial charge < -0.3 is 19.5 Å². The first-order chi connectivity index (χ1) is 12.4. The van der Waals surface area contributed by atoms with Gasteiger partial charge in [-0.2, -0.15) is 0 Å². The molecule has 1 atom stereocenters. The first kappa shape index (κ1) is 20.1. The fourth-order valence-electron chi connectivity index (χ4n) is 2.69. The lowest BCUT2D eigenvalue weighted by Crippen LogP contribution is -2.18. The Morgan fingerprint density at radius 2 is 1.58 bits per heavy atom. The summed E-state index contributed by atoms with van der Waals surface area (Å²) in [5.74, 6) is 2.44. The van der Waals surface area contributed by atoms with Crippen molar-refractivity contribution in [2.24, 2.45) is 0 Å². The van der Waals surface area contributed by atoms with E-state index >= 15 is 0 Å². The molecule has 2 rings (SSSR count). The molecule has 0 saturated heterocycles. The third-order valence-corrected chi connectivity index (χ3v) is 3.93. The molecular formula is C22H31NO3. The first-order valence-electron chi connectivity index (χ1n) is 9.22. The van der Waals surface area contributed by atoms with Crippen LogP contribution in [0.5, 0.6) is 17.2 Å². The van der Waals surface area contributed by atoms with Gasteiger partial charge in [-0.1, -0.05) is 18.2 Å². The highest BCUT2D eigenvalue weighted by Gasteiger charge is 2.10. The van der Waals surface area contributed by atoms with Gasteiger partial charge >= 0.3 is 0 Å². The molecule has 26 heavy (non-hydrogen) atoms. The van der Waals surface area contributed by atoms with Gasteiger partial charge in [-0.3, -0.25) is 0 Å². The number of rotatable bonds is 9. The van der Waals surface area contributed by atoms with Gasteiger partial charge in [0.1, 0.15) is 5.75 Å². The van der Waals surface area contributed by atoms with Crippen molar-refractivity contribution >= 4 is 0 Å². The number of hydrogen-bond acceptors (Lipinski definition) is 4. The lowest BCUT2D eigenvalue weighted by atomic mass is 10.1. The molecule has 2 aromatic carbocycles. The first-order valence-corrected chi connectivity index (χ1v) is 9.22. The highest BCUT2D eigenvalue weighted by atomic mass is 16.5. The van der Waals surface area contributed by atoms with Gasteiger partial charge in [-0.25, -0.2) is 0 Å². The summed E-state index contributed by atoms with van der Waals surface area (Å²) < 4.78 is 17.0. The van der Waals surface area contributed by atoms with E-state index in [1.165, 1.54) is 5.56 Å². The molecule has 0 radical (unpaired) electrons. The lowest BCUT2D eigenvalue weighted by Gasteiger charge is -2.18. The Kier molecular flexibility index (Phi) is 7.34.